The number of fused-ring (bicyclic) bond motifs is 1. The number of allylic oxidation sites excluding steroid dienone is 1. The van der Waals surface area contributed by atoms with Crippen molar-refractivity contribution in [2.24, 2.45) is 0 Å². The highest BCUT2D eigenvalue weighted by Gasteiger charge is 2.10. The molecule has 0 atom stereocenters. The van der Waals surface area contributed by atoms with Crippen LogP contribution in [-0.4, -0.2) is 36.2 Å². The highest BCUT2D eigenvalue weighted by atomic mass is 16.5. The summed E-state index contributed by atoms with van der Waals surface area (Å²) in [6.45, 7) is 1.46. The van der Waals surface area contributed by atoms with E-state index in [-0.39, 0.29) is 5.91 Å². The topological polar surface area (TPSA) is 65.4 Å². The Labute approximate surface area is 218 Å². The number of carbonyl (C=O) groups is 1. The van der Waals surface area contributed by atoms with Crippen molar-refractivity contribution in [2.75, 3.05) is 20.8 Å². The number of unbranched alkanes of at least 4 members (excludes halogenated alkanes) is 2. The normalized spacial score (nSPS) is 11.2. The molecule has 192 valence electrons. The van der Waals surface area contributed by atoms with Crippen LogP contribution in [-0.2, 0) is 24.2 Å². The predicted molar refractivity (Wildman–Crippen MR) is 149 cm³/mol. The molecule has 1 aromatic heterocycles. The fraction of sp³-hybridized carbons (Fsp3) is 0.290. The van der Waals surface area contributed by atoms with Gasteiger partial charge in [0.1, 0.15) is 5.82 Å². The molecule has 0 radical (unpaired) electrons. The molecule has 0 spiro atoms. The van der Waals surface area contributed by atoms with Crippen molar-refractivity contribution in [2.45, 2.75) is 38.6 Å². The number of ether oxygens (including phenoxy) is 2. The van der Waals surface area contributed by atoms with Gasteiger partial charge in [0.15, 0.2) is 11.5 Å². The van der Waals surface area contributed by atoms with E-state index in [9.17, 15) is 4.79 Å². The molecule has 1 amide bonds. The third kappa shape index (κ3) is 7.23. The smallest absolute Gasteiger partial charge is 0.224 e. The first kappa shape index (κ1) is 26.0. The standard InChI is InChI=1S/C31H35N3O3/c1-36-28-19-18-25(22-29(28)37-2)23-31(35)32-20-10-4-7-17-30-33-26-15-8-9-16-27(26)34(30)21-11-14-24-12-5-3-6-13-24/h3,5-6,8-9,11-16,18-19,22H,4,7,10,17,20-21,23H2,1-2H3,(H,32,35)/b14-11+. The van der Waals surface area contributed by atoms with Crippen LogP contribution in [0, 0.1) is 0 Å². The highest BCUT2D eigenvalue weighted by molar-refractivity contribution is 5.78. The number of para-hydroxylation sites is 2. The number of carbonyl (C=O) groups excluding carboxylic acids is 1. The maximum absolute atomic E-state index is 12.4. The summed E-state index contributed by atoms with van der Waals surface area (Å²) < 4.78 is 12.9. The van der Waals surface area contributed by atoms with Gasteiger partial charge in [0.05, 0.1) is 31.7 Å². The monoisotopic (exact) mass is 497 g/mol. The molecule has 0 fully saturated rings. The van der Waals surface area contributed by atoms with Crippen molar-refractivity contribution in [1.29, 1.82) is 0 Å². The minimum absolute atomic E-state index is 0.0132. The lowest BCUT2D eigenvalue weighted by Gasteiger charge is -2.10. The van der Waals surface area contributed by atoms with Gasteiger partial charge < -0.3 is 19.4 Å². The molecule has 4 rings (SSSR count). The van der Waals surface area contributed by atoms with E-state index in [4.69, 9.17) is 14.5 Å². The van der Waals surface area contributed by atoms with Crippen LogP contribution in [0.5, 0.6) is 11.5 Å². The fourth-order valence-electron chi connectivity index (χ4n) is 4.43. The number of aromatic nitrogens is 2. The van der Waals surface area contributed by atoms with Gasteiger partial charge in [0, 0.05) is 19.5 Å². The predicted octanol–water partition coefficient (Wildman–Crippen LogP) is 5.84. The van der Waals surface area contributed by atoms with Gasteiger partial charge in [-0.3, -0.25) is 4.79 Å². The Bertz CT molecular complexity index is 1330. The lowest BCUT2D eigenvalue weighted by atomic mass is 10.1. The van der Waals surface area contributed by atoms with Crippen LogP contribution in [0.4, 0.5) is 0 Å². The molecule has 1 heterocycles. The Morgan fingerprint density at radius 2 is 1.70 bits per heavy atom. The summed E-state index contributed by atoms with van der Waals surface area (Å²) in [5, 5.41) is 3.03. The van der Waals surface area contributed by atoms with E-state index < -0.39 is 0 Å². The molecule has 6 nitrogen and oxygen atoms in total. The third-order valence-corrected chi connectivity index (χ3v) is 6.34. The second kappa shape index (κ2) is 13.3. The minimum atomic E-state index is 0.0132. The van der Waals surface area contributed by atoms with Crippen LogP contribution in [0.3, 0.4) is 0 Å². The SMILES string of the molecule is COc1ccc(CC(=O)NCCCCCc2nc3ccccc3n2C/C=C/c2ccccc2)cc1OC. The van der Waals surface area contributed by atoms with Crippen molar-refractivity contribution in [3.8, 4) is 11.5 Å². The molecule has 6 heteroatoms. The Morgan fingerprint density at radius 1 is 0.919 bits per heavy atom. The zero-order chi connectivity index (χ0) is 25.9. The average Bonchev–Trinajstić information content (AvgIpc) is 3.28. The number of benzene rings is 3. The van der Waals surface area contributed by atoms with Gasteiger partial charge in [0.2, 0.25) is 5.91 Å². The molecular weight excluding hydrogens is 462 g/mol. The van der Waals surface area contributed by atoms with Crippen molar-refractivity contribution in [3.05, 3.63) is 95.8 Å². The zero-order valence-corrected chi connectivity index (χ0v) is 21.7. The van der Waals surface area contributed by atoms with E-state index >= 15 is 0 Å². The van der Waals surface area contributed by atoms with Gasteiger partial charge in [-0.25, -0.2) is 4.98 Å². The number of aryl methyl sites for hydroxylation is 1. The molecule has 4 aromatic rings. The van der Waals surface area contributed by atoms with Gasteiger partial charge >= 0.3 is 0 Å². The number of rotatable bonds is 13. The second-order valence-corrected chi connectivity index (χ2v) is 8.97. The van der Waals surface area contributed by atoms with E-state index in [0.29, 0.717) is 24.5 Å². The minimum Gasteiger partial charge on any atom is -0.493 e. The molecule has 0 unspecified atom stereocenters. The summed E-state index contributed by atoms with van der Waals surface area (Å²) in [6, 6.07) is 24.2. The molecule has 0 aliphatic heterocycles. The molecule has 0 bridgehead atoms. The maximum atomic E-state index is 12.4. The van der Waals surface area contributed by atoms with Crippen LogP contribution < -0.4 is 14.8 Å². The Morgan fingerprint density at radius 3 is 2.51 bits per heavy atom. The van der Waals surface area contributed by atoms with Gasteiger partial charge in [-0.2, -0.15) is 0 Å². The number of hydrogen-bond donors (Lipinski definition) is 1. The summed E-state index contributed by atoms with van der Waals surface area (Å²) in [5.74, 6) is 2.41. The number of methoxy groups -OCH3 is 2. The average molecular weight is 498 g/mol. The van der Waals surface area contributed by atoms with E-state index in [1.54, 1.807) is 14.2 Å². The van der Waals surface area contributed by atoms with Gasteiger partial charge in [-0.05, 0) is 48.2 Å². The van der Waals surface area contributed by atoms with Crippen molar-refractivity contribution < 1.29 is 14.3 Å². The number of nitrogens with zero attached hydrogens (tertiary/aromatic N) is 2. The quantitative estimate of drug-likeness (QED) is 0.236. The van der Waals surface area contributed by atoms with E-state index in [0.717, 1.165) is 54.6 Å². The number of imidazole rings is 1. The molecule has 1 N–H and O–H groups in total. The molecule has 0 aliphatic rings. The van der Waals surface area contributed by atoms with Crippen molar-refractivity contribution >= 4 is 23.0 Å². The van der Waals surface area contributed by atoms with E-state index in [1.165, 1.54) is 5.56 Å². The Balaban J connectivity index is 1.24. The number of hydrogen-bond acceptors (Lipinski definition) is 4. The van der Waals surface area contributed by atoms with Crippen LogP contribution in [0.1, 0.15) is 36.2 Å². The van der Waals surface area contributed by atoms with Crippen molar-refractivity contribution in [1.82, 2.24) is 14.9 Å². The first-order valence-corrected chi connectivity index (χ1v) is 12.8. The van der Waals surface area contributed by atoms with Gasteiger partial charge in [-0.15, -0.1) is 0 Å². The number of amides is 1. The summed E-state index contributed by atoms with van der Waals surface area (Å²) in [5.41, 5.74) is 4.29. The molecule has 0 saturated heterocycles. The summed E-state index contributed by atoms with van der Waals surface area (Å²) >= 11 is 0. The van der Waals surface area contributed by atoms with Gasteiger partial charge in [-0.1, -0.05) is 67.1 Å². The van der Waals surface area contributed by atoms with Crippen LogP contribution in [0.15, 0.2) is 78.9 Å². The molecular formula is C31H35N3O3. The van der Waals surface area contributed by atoms with Gasteiger partial charge in [0.25, 0.3) is 0 Å². The molecule has 0 saturated carbocycles. The first-order chi connectivity index (χ1) is 18.2. The summed E-state index contributed by atoms with van der Waals surface area (Å²) in [4.78, 5) is 17.3. The van der Waals surface area contributed by atoms with Crippen LogP contribution in [0.25, 0.3) is 17.1 Å². The lowest BCUT2D eigenvalue weighted by molar-refractivity contribution is -0.120. The van der Waals surface area contributed by atoms with Crippen LogP contribution >= 0.6 is 0 Å². The van der Waals surface area contributed by atoms with E-state index in [1.807, 2.05) is 30.3 Å². The Hall–Kier alpha value is -4.06. The van der Waals surface area contributed by atoms with Crippen molar-refractivity contribution in [3.63, 3.8) is 0 Å². The van der Waals surface area contributed by atoms with Crippen LogP contribution in [0.2, 0.25) is 0 Å². The lowest BCUT2D eigenvalue weighted by Crippen LogP contribution is -2.26. The van der Waals surface area contributed by atoms with E-state index in [2.05, 4.69) is 64.5 Å². The zero-order valence-electron chi connectivity index (χ0n) is 21.7. The molecule has 37 heavy (non-hydrogen) atoms. The number of nitrogens with one attached hydrogen (secondary N) is 1. The second-order valence-electron chi connectivity index (χ2n) is 8.97. The third-order valence-electron chi connectivity index (χ3n) is 6.34. The molecule has 3 aromatic carbocycles. The maximum Gasteiger partial charge on any atom is 0.224 e. The molecule has 0 aliphatic carbocycles. The Kier molecular flexibility index (Phi) is 9.35. The largest absolute Gasteiger partial charge is 0.493 e. The summed E-state index contributed by atoms with van der Waals surface area (Å²) in [6.07, 6.45) is 8.57. The first-order valence-electron chi connectivity index (χ1n) is 12.8. The summed E-state index contributed by atoms with van der Waals surface area (Å²) in [7, 11) is 3.20. The fourth-order valence-corrected chi connectivity index (χ4v) is 4.43. The highest BCUT2D eigenvalue weighted by Crippen LogP contribution is 2.27.